The molecule has 0 aliphatic carbocycles. The Morgan fingerprint density at radius 3 is 2.56 bits per heavy atom. The number of aromatic amines is 1. The minimum absolute atomic E-state index is 0.525. The number of anilines is 1. The molecule has 2 aliphatic rings. The first-order valence-electron chi connectivity index (χ1n) is 9.73. The molecule has 1 N–H and O–H groups in total. The van der Waals surface area contributed by atoms with E-state index in [0.29, 0.717) is 5.92 Å². The molecule has 0 bridgehead atoms. The Balaban J connectivity index is 1.69. The molecule has 2 aromatic heterocycles. The fraction of sp³-hybridized carbons (Fsp3) is 0.429. The molecule has 2 saturated heterocycles. The fourth-order valence-corrected chi connectivity index (χ4v) is 4.24. The molecule has 27 heavy (non-hydrogen) atoms. The van der Waals surface area contributed by atoms with Gasteiger partial charge in [0.15, 0.2) is 0 Å². The maximum Gasteiger partial charge on any atom is 0.111 e. The van der Waals surface area contributed by atoms with Crippen LogP contribution in [0.2, 0.25) is 0 Å². The first-order valence-corrected chi connectivity index (χ1v) is 9.73. The second-order valence-corrected chi connectivity index (χ2v) is 7.24. The summed E-state index contributed by atoms with van der Waals surface area (Å²) in [6, 6.07) is 8.80. The van der Waals surface area contributed by atoms with E-state index in [2.05, 4.69) is 38.3 Å². The fourth-order valence-electron chi connectivity index (χ4n) is 4.24. The highest BCUT2D eigenvalue weighted by molar-refractivity contribution is 5.98. The number of H-pyrrole nitrogens is 1. The van der Waals surface area contributed by atoms with E-state index in [4.69, 9.17) is 9.47 Å². The second kappa shape index (κ2) is 7.29. The largest absolute Gasteiger partial charge is 0.381 e. The van der Waals surface area contributed by atoms with Crippen LogP contribution in [-0.4, -0.2) is 54.7 Å². The van der Waals surface area contributed by atoms with Gasteiger partial charge in [0.2, 0.25) is 0 Å². The van der Waals surface area contributed by atoms with Crippen molar-refractivity contribution >= 4 is 16.5 Å². The molecule has 4 heterocycles. The van der Waals surface area contributed by atoms with Crippen LogP contribution in [-0.2, 0) is 9.47 Å². The zero-order valence-electron chi connectivity index (χ0n) is 15.4. The molecule has 3 aromatic rings. The lowest BCUT2D eigenvalue weighted by Crippen LogP contribution is -2.36. The summed E-state index contributed by atoms with van der Waals surface area (Å²) in [7, 11) is 0. The van der Waals surface area contributed by atoms with E-state index in [1.54, 1.807) is 0 Å². The van der Waals surface area contributed by atoms with Gasteiger partial charge in [-0.05, 0) is 54.0 Å². The third kappa shape index (κ3) is 3.19. The summed E-state index contributed by atoms with van der Waals surface area (Å²) < 4.78 is 11.2. The van der Waals surface area contributed by atoms with Gasteiger partial charge in [0, 0.05) is 49.8 Å². The van der Waals surface area contributed by atoms with Crippen LogP contribution in [0.15, 0.2) is 36.7 Å². The zero-order chi connectivity index (χ0) is 18.1. The number of benzene rings is 1. The number of ether oxygens (including phenoxy) is 2. The highest BCUT2D eigenvalue weighted by Gasteiger charge is 2.22. The van der Waals surface area contributed by atoms with Crippen LogP contribution in [0, 0.1) is 0 Å². The minimum atomic E-state index is 0.525. The molecule has 2 fully saturated rings. The summed E-state index contributed by atoms with van der Waals surface area (Å²) in [6.45, 7) is 5.09. The van der Waals surface area contributed by atoms with Crippen molar-refractivity contribution in [1.29, 1.82) is 0 Å². The molecule has 0 amide bonds. The van der Waals surface area contributed by atoms with Crippen LogP contribution < -0.4 is 4.90 Å². The molecule has 1 aromatic carbocycles. The van der Waals surface area contributed by atoms with Crippen molar-refractivity contribution in [2.24, 2.45) is 0 Å². The van der Waals surface area contributed by atoms with E-state index >= 15 is 0 Å². The van der Waals surface area contributed by atoms with Gasteiger partial charge < -0.3 is 14.4 Å². The first-order chi connectivity index (χ1) is 13.4. The average Bonchev–Trinajstić information content (AvgIpc) is 3.28. The molecule has 0 spiro atoms. The van der Waals surface area contributed by atoms with Crippen LogP contribution >= 0.6 is 0 Å². The monoisotopic (exact) mass is 364 g/mol. The molecule has 5 rings (SSSR count). The Hall–Kier alpha value is -2.44. The average molecular weight is 364 g/mol. The topological polar surface area (TPSA) is 63.3 Å². The number of fused-ring (bicyclic) bond motifs is 1. The maximum absolute atomic E-state index is 5.61. The Labute approximate surface area is 158 Å². The number of pyridine rings is 1. The lowest BCUT2D eigenvalue weighted by molar-refractivity contribution is 0.0856. The van der Waals surface area contributed by atoms with E-state index < -0.39 is 0 Å². The number of nitrogens with zero attached hydrogens (tertiary/aromatic N) is 3. The molecule has 0 atom stereocenters. The number of rotatable bonds is 3. The SMILES string of the molecule is c1cc2c(C3CCOCC3)cc(N3CCOCC3)cc2c(-c2cc[nH]n2)n1. The van der Waals surface area contributed by atoms with Crippen LogP contribution in [0.5, 0.6) is 0 Å². The van der Waals surface area contributed by atoms with E-state index in [-0.39, 0.29) is 0 Å². The van der Waals surface area contributed by atoms with Crippen molar-refractivity contribution in [2.45, 2.75) is 18.8 Å². The molecule has 6 nitrogen and oxygen atoms in total. The standard InChI is InChI=1S/C21H24N4O2/c1-5-22-21(20-2-6-23-24-20)19-14-16(25-7-11-27-12-8-25)13-18(17(1)19)15-3-9-26-10-4-15/h1-2,5-6,13-15H,3-4,7-12H2,(H,23,24). The number of aromatic nitrogens is 3. The Morgan fingerprint density at radius 1 is 0.963 bits per heavy atom. The van der Waals surface area contributed by atoms with Crippen LogP contribution in [0.3, 0.4) is 0 Å². The normalized spacial score (nSPS) is 18.9. The smallest absolute Gasteiger partial charge is 0.111 e. The zero-order valence-corrected chi connectivity index (χ0v) is 15.4. The second-order valence-electron chi connectivity index (χ2n) is 7.24. The maximum atomic E-state index is 5.61. The van der Waals surface area contributed by atoms with Crippen molar-refractivity contribution in [3.05, 3.63) is 42.2 Å². The Morgan fingerprint density at radius 2 is 1.78 bits per heavy atom. The number of hydrogen-bond donors (Lipinski definition) is 1. The Kier molecular flexibility index (Phi) is 4.51. The van der Waals surface area contributed by atoms with E-state index in [9.17, 15) is 0 Å². The summed E-state index contributed by atoms with van der Waals surface area (Å²) in [5.41, 5.74) is 4.50. The molecule has 0 unspecified atom stereocenters. The third-order valence-corrected chi connectivity index (χ3v) is 5.68. The van der Waals surface area contributed by atoms with Crippen LogP contribution in [0.1, 0.15) is 24.3 Å². The molecule has 6 heteroatoms. The van der Waals surface area contributed by atoms with Crippen molar-refractivity contribution in [2.75, 3.05) is 44.4 Å². The molecule has 0 radical (unpaired) electrons. The van der Waals surface area contributed by atoms with Crippen molar-refractivity contribution in [1.82, 2.24) is 15.2 Å². The number of morpholine rings is 1. The van der Waals surface area contributed by atoms with Gasteiger partial charge in [-0.15, -0.1) is 0 Å². The van der Waals surface area contributed by atoms with Gasteiger partial charge in [0.25, 0.3) is 0 Å². The number of nitrogens with one attached hydrogen (secondary N) is 1. The lowest BCUT2D eigenvalue weighted by atomic mass is 9.87. The number of hydrogen-bond acceptors (Lipinski definition) is 5. The van der Waals surface area contributed by atoms with E-state index in [1.807, 2.05) is 18.5 Å². The molecule has 2 aliphatic heterocycles. The van der Waals surface area contributed by atoms with Crippen molar-refractivity contribution < 1.29 is 9.47 Å². The summed E-state index contributed by atoms with van der Waals surface area (Å²) in [5, 5.41) is 9.76. The summed E-state index contributed by atoms with van der Waals surface area (Å²) in [5.74, 6) is 0.525. The molecule has 140 valence electrons. The Bertz CT molecular complexity index is 913. The van der Waals surface area contributed by atoms with Gasteiger partial charge >= 0.3 is 0 Å². The van der Waals surface area contributed by atoms with Gasteiger partial charge in [-0.2, -0.15) is 5.10 Å². The van der Waals surface area contributed by atoms with Gasteiger partial charge in [-0.3, -0.25) is 10.1 Å². The van der Waals surface area contributed by atoms with Crippen molar-refractivity contribution in [3.8, 4) is 11.4 Å². The molecule has 0 saturated carbocycles. The first kappa shape index (κ1) is 16.7. The van der Waals surface area contributed by atoms with Crippen LogP contribution in [0.4, 0.5) is 5.69 Å². The van der Waals surface area contributed by atoms with Crippen molar-refractivity contribution in [3.63, 3.8) is 0 Å². The van der Waals surface area contributed by atoms with E-state index in [1.165, 1.54) is 22.0 Å². The quantitative estimate of drug-likeness (QED) is 0.772. The highest BCUT2D eigenvalue weighted by Crippen LogP contribution is 2.38. The summed E-state index contributed by atoms with van der Waals surface area (Å²) >= 11 is 0. The highest BCUT2D eigenvalue weighted by atomic mass is 16.5. The predicted octanol–water partition coefficient (Wildman–Crippen LogP) is 3.36. The van der Waals surface area contributed by atoms with Gasteiger partial charge in [-0.25, -0.2) is 0 Å². The van der Waals surface area contributed by atoms with Gasteiger partial charge in [0.1, 0.15) is 5.69 Å². The molecular formula is C21H24N4O2. The van der Waals surface area contributed by atoms with Gasteiger partial charge in [0.05, 0.1) is 18.9 Å². The van der Waals surface area contributed by atoms with E-state index in [0.717, 1.165) is 63.7 Å². The van der Waals surface area contributed by atoms with Gasteiger partial charge in [-0.1, -0.05) is 0 Å². The third-order valence-electron chi connectivity index (χ3n) is 5.68. The lowest BCUT2D eigenvalue weighted by Gasteiger charge is -2.31. The minimum Gasteiger partial charge on any atom is -0.381 e. The van der Waals surface area contributed by atoms with Crippen LogP contribution in [0.25, 0.3) is 22.2 Å². The summed E-state index contributed by atoms with van der Waals surface area (Å²) in [6.07, 6.45) is 5.90. The molecular weight excluding hydrogens is 340 g/mol. The predicted molar refractivity (Wildman–Crippen MR) is 105 cm³/mol. The summed E-state index contributed by atoms with van der Waals surface area (Å²) in [4.78, 5) is 7.10.